The van der Waals surface area contributed by atoms with Crippen molar-refractivity contribution in [1.29, 1.82) is 0 Å². The van der Waals surface area contributed by atoms with Crippen molar-refractivity contribution >= 4 is 25.7 Å². The molecule has 4 atom stereocenters. The first kappa shape index (κ1) is 22.5. The Morgan fingerprint density at radius 2 is 1.76 bits per heavy atom. The van der Waals surface area contributed by atoms with Crippen LogP contribution in [0.1, 0.15) is 6.92 Å². The molecule has 0 rings (SSSR count). The quantitative estimate of drug-likeness (QED) is 0.141. The van der Waals surface area contributed by atoms with Gasteiger partial charge in [0.15, 0.2) is 0 Å². The van der Waals surface area contributed by atoms with Gasteiger partial charge in [0, 0.05) is 6.92 Å². The Hall–Kier alpha value is 0.330. The molecule has 0 aliphatic heterocycles. The van der Waals surface area contributed by atoms with Crippen LogP contribution in [0.4, 0.5) is 0 Å². The largest absolute Gasteiger partial charge is 1.00 e. The van der Waals surface area contributed by atoms with Crippen LogP contribution in [0.3, 0.4) is 0 Å². The van der Waals surface area contributed by atoms with Crippen molar-refractivity contribution in [2.24, 2.45) is 0 Å². The van der Waals surface area contributed by atoms with Gasteiger partial charge in [-0.15, -0.1) is 0 Å². The van der Waals surface area contributed by atoms with E-state index in [2.05, 4.69) is 5.32 Å². The molecule has 17 heavy (non-hydrogen) atoms. The van der Waals surface area contributed by atoms with E-state index in [9.17, 15) is 19.8 Å². The van der Waals surface area contributed by atoms with Gasteiger partial charge in [-0.1, -0.05) is 0 Å². The third-order valence-corrected chi connectivity index (χ3v) is 1.82. The van der Waals surface area contributed by atoms with E-state index in [0.29, 0.717) is 0 Å². The Morgan fingerprint density at radius 1 is 1.29 bits per heavy atom. The molecule has 0 aliphatic carbocycles. The van der Waals surface area contributed by atoms with Gasteiger partial charge >= 0.3 is 29.6 Å². The summed E-state index contributed by atoms with van der Waals surface area (Å²) >= 11 is 0. The van der Waals surface area contributed by atoms with Crippen molar-refractivity contribution in [2.45, 2.75) is 31.3 Å². The predicted molar refractivity (Wildman–Crippen MR) is 57.5 cm³/mol. The van der Waals surface area contributed by atoms with Crippen molar-refractivity contribution in [2.75, 3.05) is 6.61 Å². The van der Waals surface area contributed by atoms with Crippen LogP contribution in [0, 0.1) is 0 Å². The number of hydrogen-bond donors (Lipinski definition) is 5. The second-order valence-corrected chi connectivity index (χ2v) is 3.09. The van der Waals surface area contributed by atoms with E-state index in [1.807, 2.05) is 0 Å². The van der Waals surface area contributed by atoms with Crippen LogP contribution >= 0.6 is 0 Å². The molecule has 0 aliphatic rings. The second kappa shape index (κ2) is 11.4. The van der Waals surface area contributed by atoms with Crippen LogP contribution in [0.2, 0.25) is 0 Å². The molecule has 0 fully saturated rings. The fourth-order valence-corrected chi connectivity index (χ4v) is 0.983. The van der Waals surface area contributed by atoms with E-state index < -0.39 is 36.9 Å². The predicted octanol–water partition coefficient (Wildman–Crippen LogP) is -6.50. The van der Waals surface area contributed by atoms with Gasteiger partial charge in [-0.3, -0.25) is 4.79 Å². The summed E-state index contributed by atoms with van der Waals surface area (Å²) in [5, 5.41) is 38.2. The Labute approximate surface area is 128 Å². The number of thiol groups is 1. The summed E-state index contributed by atoms with van der Waals surface area (Å²) in [5.74, 6) is -0.558. The zero-order chi connectivity index (χ0) is 12.0. The number of hydrogen-bond acceptors (Lipinski definition) is 7. The van der Waals surface area contributed by atoms with Gasteiger partial charge in [-0.2, -0.15) is 0 Å². The van der Waals surface area contributed by atoms with Crippen molar-refractivity contribution in [3.63, 3.8) is 0 Å². The van der Waals surface area contributed by atoms with E-state index in [0.717, 1.165) is 6.92 Å². The third-order valence-electron chi connectivity index (χ3n) is 1.82. The van der Waals surface area contributed by atoms with Crippen molar-refractivity contribution < 1.29 is 59.6 Å². The Bertz CT molecular complexity index is 232. The summed E-state index contributed by atoms with van der Waals surface area (Å²) in [5.41, 5.74) is 0. The van der Waals surface area contributed by atoms with Gasteiger partial charge in [0.2, 0.25) is 5.91 Å². The molecule has 96 valence electrons. The molecule has 5 N–H and O–H groups in total. The van der Waals surface area contributed by atoms with Crippen molar-refractivity contribution in [3.8, 4) is 0 Å². The molecular formula is C8H16NNaO6S. The van der Waals surface area contributed by atoms with Gasteiger partial charge in [-0.05, 0) is 0 Å². The molecule has 1 amide bonds. The van der Waals surface area contributed by atoms with E-state index in [1.54, 1.807) is 0 Å². The van der Waals surface area contributed by atoms with Crippen LogP contribution in [0.15, 0.2) is 0 Å². The number of aliphatic hydroxyl groups excluding tert-OH is 4. The van der Waals surface area contributed by atoms with Gasteiger partial charge < -0.3 is 44.0 Å². The zero-order valence-corrected chi connectivity index (χ0v) is 12.5. The fourth-order valence-electron chi connectivity index (χ4n) is 0.983. The number of nitrogens with one attached hydrogen (secondary N) is 1. The maximum atomic E-state index is 10.6. The van der Waals surface area contributed by atoms with E-state index in [4.69, 9.17) is 10.2 Å². The van der Waals surface area contributed by atoms with Gasteiger partial charge in [-0.25, -0.2) is 0 Å². The maximum Gasteiger partial charge on any atom is 1.00 e. The molecule has 0 unspecified atom stereocenters. The molecule has 9 heteroatoms. The number of amides is 1. The van der Waals surface area contributed by atoms with E-state index in [1.165, 1.54) is 0 Å². The number of rotatable bonds is 6. The number of carbonyl (C=O) groups excluding carboxylic acids is 2. The van der Waals surface area contributed by atoms with Crippen LogP contribution in [-0.2, 0) is 23.1 Å². The molecule has 0 bridgehead atoms. The number of carbonyl (C=O) groups is 2. The minimum absolute atomic E-state index is 0. The molecule has 0 saturated heterocycles. The molecule has 0 heterocycles. The first-order chi connectivity index (χ1) is 6.93. The van der Waals surface area contributed by atoms with Gasteiger partial charge in [0.25, 0.3) is 0 Å². The van der Waals surface area contributed by atoms with Crippen LogP contribution in [0.25, 0.3) is 0 Å². The SMILES string of the molecule is CC(=O)N[C@@H](C=O)[C@@H](O)[C@H](O)[C@H](O)CO.[Na+].[SH-]. The fraction of sp³-hybridized carbons (Fsp3) is 0.750. The molecule has 0 aromatic carbocycles. The minimum Gasteiger partial charge on any atom is -0.813 e. The molecule has 0 spiro atoms. The molecule has 0 aromatic heterocycles. The first-order valence-electron chi connectivity index (χ1n) is 4.31. The summed E-state index contributed by atoms with van der Waals surface area (Å²) in [6, 6.07) is -1.32. The second-order valence-electron chi connectivity index (χ2n) is 3.09. The summed E-state index contributed by atoms with van der Waals surface area (Å²) in [6.07, 6.45) is -4.72. The monoisotopic (exact) mass is 277 g/mol. The van der Waals surface area contributed by atoms with Gasteiger partial charge in [0.1, 0.15) is 30.6 Å². The van der Waals surface area contributed by atoms with Crippen LogP contribution < -0.4 is 34.9 Å². The van der Waals surface area contributed by atoms with Crippen LogP contribution in [-0.4, -0.2) is 63.6 Å². The van der Waals surface area contributed by atoms with Crippen molar-refractivity contribution in [3.05, 3.63) is 0 Å². The molecule has 0 aromatic rings. The molecule has 7 nitrogen and oxygen atoms in total. The maximum absolute atomic E-state index is 10.6. The summed E-state index contributed by atoms with van der Waals surface area (Å²) in [4.78, 5) is 21.1. The average molecular weight is 277 g/mol. The summed E-state index contributed by atoms with van der Waals surface area (Å²) in [7, 11) is 0. The topological polar surface area (TPSA) is 127 Å². The Kier molecular flexibility index (Phi) is 15.1. The number of aldehydes is 1. The summed E-state index contributed by atoms with van der Waals surface area (Å²) in [6.45, 7) is 0.377. The smallest absolute Gasteiger partial charge is 0.813 e. The molecule has 0 saturated carbocycles. The standard InChI is InChI=1S/C8H15NO6.Na.H2S/c1-4(12)9-5(2-10)7(14)8(15)6(13)3-11;;/h2,5-8,11,13-15H,3H2,1H3,(H,9,12);;1H2/q;+1;/p-1/t5-,6+,7+,8+;;/m0../s1. The van der Waals surface area contributed by atoms with Crippen LogP contribution in [0.5, 0.6) is 0 Å². The molecular weight excluding hydrogens is 261 g/mol. The van der Waals surface area contributed by atoms with Gasteiger partial charge in [0.05, 0.1) is 6.61 Å². The zero-order valence-electron chi connectivity index (χ0n) is 9.65. The van der Waals surface area contributed by atoms with Crippen molar-refractivity contribution in [1.82, 2.24) is 5.32 Å². The first-order valence-corrected chi connectivity index (χ1v) is 4.31. The average Bonchev–Trinajstić information content (AvgIpc) is 2.22. The third kappa shape index (κ3) is 8.11. The minimum atomic E-state index is -1.71. The molecule has 0 radical (unpaired) electrons. The number of aliphatic hydroxyl groups is 4. The Morgan fingerprint density at radius 3 is 2.06 bits per heavy atom. The normalized spacial score (nSPS) is 16.5. The summed E-state index contributed by atoms with van der Waals surface area (Å²) < 4.78 is 0. The Balaban J connectivity index is -0.000000980. The van der Waals surface area contributed by atoms with E-state index in [-0.39, 0.29) is 49.3 Å². The van der Waals surface area contributed by atoms with E-state index >= 15 is 0 Å².